The van der Waals surface area contributed by atoms with Crippen LogP contribution in [0.25, 0.3) is 11.3 Å². The second-order valence-electron chi connectivity index (χ2n) is 3.95. The molecule has 1 aromatic carbocycles. The molecule has 4 heteroatoms. The maximum absolute atomic E-state index is 8.67. The molecule has 0 spiro atoms. The van der Waals surface area contributed by atoms with Crippen LogP contribution in [0.3, 0.4) is 0 Å². The average molecular weight is 241 g/mol. The number of benzene rings is 1. The number of rotatable bonds is 4. The van der Waals surface area contributed by atoms with Gasteiger partial charge in [-0.1, -0.05) is 12.1 Å². The van der Waals surface area contributed by atoms with Crippen molar-refractivity contribution >= 4 is 0 Å². The standard InChI is InChI=1S/C14H15N3O/c1-3-18-12-6-4-5-11(9-12)14-10(2)16-13(17-14)7-8-15/h4-6,9H,3,7H2,1-2H3,(H,16,17). The van der Waals surface area contributed by atoms with Crippen molar-refractivity contribution < 1.29 is 4.74 Å². The molecule has 2 aromatic rings. The number of nitrogens with one attached hydrogen (secondary N) is 1. The predicted molar refractivity (Wildman–Crippen MR) is 69.2 cm³/mol. The van der Waals surface area contributed by atoms with E-state index >= 15 is 0 Å². The Bertz CT molecular complexity index is 581. The Morgan fingerprint density at radius 1 is 1.44 bits per heavy atom. The van der Waals surface area contributed by atoms with Crippen molar-refractivity contribution in [3.05, 3.63) is 35.8 Å². The number of hydrogen-bond acceptors (Lipinski definition) is 3. The van der Waals surface area contributed by atoms with Crippen molar-refractivity contribution in [2.75, 3.05) is 6.61 Å². The minimum absolute atomic E-state index is 0.298. The zero-order valence-electron chi connectivity index (χ0n) is 10.5. The van der Waals surface area contributed by atoms with Crippen LogP contribution >= 0.6 is 0 Å². The molecule has 92 valence electrons. The van der Waals surface area contributed by atoms with Crippen molar-refractivity contribution in [3.8, 4) is 23.1 Å². The van der Waals surface area contributed by atoms with E-state index in [1.165, 1.54) is 0 Å². The Hall–Kier alpha value is -2.28. The van der Waals surface area contributed by atoms with Crippen LogP contribution in [0.15, 0.2) is 24.3 Å². The van der Waals surface area contributed by atoms with Crippen LogP contribution in [0.5, 0.6) is 5.75 Å². The molecular formula is C14H15N3O. The number of imidazole rings is 1. The lowest BCUT2D eigenvalue weighted by atomic mass is 10.1. The molecule has 1 heterocycles. The zero-order valence-corrected chi connectivity index (χ0v) is 10.5. The van der Waals surface area contributed by atoms with Crippen molar-refractivity contribution in [1.29, 1.82) is 5.26 Å². The summed E-state index contributed by atoms with van der Waals surface area (Å²) in [4.78, 5) is 7.56. The van der Waals surface area contributed by atoms with Crippen LogP contribution in [0, 0.1) is 18.3 Å². The lowest BCUT2D eigenvalue weighted by Crippen LogP contribution is -1.91. The van der Waals surface area contributed by atoms with E-state index < -0.39 is 0 Å². The van der Waals surface area contributed by atoms with E-state index in [1.807, 2.05) is 38.1 Å². The summed E-state index contributed by atoms with van der Waals surface area (Å²) in [6.07, 6.45) is 0.298. The fourth-order valence-electron chi connectivity index (χ4n) is 1.86. The number of nitrogens with zero attached hydrogens (tertiary/aromatic N) is 2. The molecule has 0 aliphatic heterocycles. The highest BCUT2D eigenvalue weighted by molar-refractivity contribution is 5.63. The van der Waals surface area contributed by atoms with Crippen molar-refractivity contribution in [3.63, 3.8) is 0 Å². The van der Waals surface area contributed by atoms with Crippen molar-refractivity contribution in [1.82, 2.24) is 9.97 Å². The summed E-state index contributed by atoms with van der Waals surface area (Å²) in [6.45, 7) is 4.55. The molecule has 0 saturated heterocycles. The minimum Gasteiger partial charge on any atom is -0.494 e. The molecule has 0 fully saturated rings. The molecule has 4 nitrogen and oxygen atoms in total. The maximum atomic E-state index is 8.67. The molecule has 0 radical (unpaired) electrons. The first-order valence-corrected chi connectivity index (χ1v) is 5.90. The van der Waals surface area contributed by atoms with Crippen LogP contribution in [0.4, 0.5) is 0 Å². The number of aromatic nitrogens is 2. The van der Waals surface area contributed by atoms with Gasteiger partial charge in [-0.25, -0.2) is 4.98 Å². The van der Waals surface area contributed by atoms with Gasteiger partial charge in [0.15, 0.2) is 0 Å². The summed E-state index contributed by atoms with van der Waals surface area (Å²) in [5, 5.41) is 8.67. The van der Waals surface area contributed by atoms with E-state index in [9.17, 15) is 0 Å². The number of hydrogen-bond donors (Lipinski definition) is 1. The van der Waals surface area contributed by atoms with Crippen molar-refractivity contribution in [2.24, 2.45) is 0 Å². The van der Waals surface area contributed by atoms with Gasteiger partial charge in [-0.05, 0) is 26.0 Å². The summed E-state index contributed by atoms with van der Waals surface area (Å²) < 4.78 is 5.47. The largest absolute Gasteiger partial charge is 0.494 e. The molecule has 2 rings (SSSR count). The van der Waals surface area contributed by atoms with Gasteiger partial charge in [0.25, 0.3) is 0 Å². The lowest BCUT2D eigenvalue weighted by molar-refractivity contribution is 0.340. The highest BCUT2D eigenvalue weighted by Crippen LogP contribution is 2.25. The monoisotopic (exact) mass is 241 g/mol. The minimum atomic E-state index is 0.298. The average Bonchev–Trinajstić information content (AvgIpc) is 2.72. The predicted octanol–water partition coefficient (Wildman–Crippen LogP) is 2.85. The second kappa shape index (κ2) is 5.37. The van der Waals surface area contributed by atoms with Crippen LogP contribution in [-0.2, 0) is 6.42 Å². The van der Waals surface area contributed by atoms with Crippen LogP contribution in [-0.4, -0.2) is 16.6 Å². The molecule has 0 unspecified atom stereocenters. The van der Waals surface area contributed by atoms with Crippen LogP contribution in [0.1, 0.15) is 18.4 Å². The molecule has 0 aliphatic carbocycles. The third-order valence-corrected chi connectivity index (χ3v) is 2.60. The number of nitriles is 1. The Labute approximate surface area is 106 Å². The first-order chi connectivity index (χ1) is 8.74. The fraction of sp³-hybridized carbons (Fsp3) is 0.286. The molecule has 0 saturated carbocycles. The van der Waals surface area contributed by atoms with Gasteiger partial charge in [0.1, 0.15) is 11.6 Å². The SMILES string of the molecule is CCOc1cccc(-c2nc(CC#N)[nH]c2C)c1. The molecule has 1 aromatic heterocycles. The smallest absolute Gasteiger partial charge is 0.121 e. The Morgan fingerprint density at radius 3 is 3.00 bits per heavy atom. The van der Waals surface area contributed by atoms with Gasteiger partial charge < -0.3 is 9.72 Å². The fourth-order valence-corrected chi connectivity index (χ4v) is 1.86. The maximum Gasteiger partial charge on any atom is 0.121 e. The van der Waals surface area contributed by atoms with Gasteiger partial charge in [-0.3, -0.25) is 0 Å². The normalized spacial score (nSPS) is 10.1. The highest BCUT2D eigenvalue weighted by atomic mass is 16.5. The van der Waals surface area contributed by atoms with Gasteiger partial charge in [-0.15, -0.1) is 0 Å². The molecule has 0 bridgehead atoms. The highest BCUT2D eigenvalue weighted by Gasteiger charge is 2.09. The van der Waals surface area contributed by atoms with Gasteiger partial charge in [-0.2, -0.15) is 5.26 Å². The number of aromatic amines is 1. The van der Waals surface area contributed by atoms with Crippen molar-refractivity contribution in [2.45, 2.75) is 20.3 Å². The first-order valence-electron chi connectivity index (χ1n) is 5.90. The molecule has 18 heavy (non-hydrogen) atoms. The molecule has 0 amide bonds. The summed E-state index contributed by atoms with van der Waals surface area (Å²) >= 11 is 0. The van der Waals surface area contributed by atoms with E-state index in [2.05, 4.69) is 16.0 Å². The molecular weight excluding hydrogens is 226 g/mol. The number of aryl methyl sites for hydroxylation is 1. The quantitative estimate of drug-likeness (QED) is 0.895. The first kappa shape index (κ1) is 12.2. The number of H-pyrrole nitrogens is 1. The summed E-state index contributed by atoms with van der Waals surface area (Å²) in [6, 6.07) is 9.90. The third kappa shape index (κ3) is 2.51. The second-order valence-corrected chi connectivity index (χ2v) is 3.95. The third-order valence-electron chi connectivity index (χ3n) is 2.60. The van der Waals surface area contributed by atoms with E-state index in [0.717, 1.165) is 22.7 Å². The zero-order chi connectivity index (χ0) is 13.0. The van der Waals surface area contributed by atoms with Gasteiger partial charge in [0.2, 0.25) is 0 Å². The lowest BCUT2D eigenvalue weighted by Gasteiger charge is -2.04. The molecule has 0 aliphatic rings. The van der Waals surface area contributed by atoms with Gasteiger partial charge >= 0.3 is 0 Å². The summed E-state index contributed by atoms with van der Waals surface area (Å²) in [5.41, 5.74) is 2.84. The Morgan fingerprint density at radius 2 is 2.28 bits per heavy atom. The number of ether oxygens (including phenoxy) is 1. The molecule has 0 atom stereocenters. The summed E-state index contributed by atoms with van der Waals surface area (Å²) in [5.74, 6) is 1.53. The van der Waals surface area contributed by atoms with E-state index in [4.69, 9.17) is 10.00 Å². The van der Waals surface area contributed by atoms with Gasteiger partial charge in [0, 0.05) is 11.3 Å². The van der Waals surface area contributed by atoms with Gasteiger partial charge in [0.05, 0.1) is 24.8 Å². The van der Waals surface area contributed by atoms with E-state index in [1.54, 1.807) is 0 Å². The topological polar surface area (TPSA) is 61.7 Å². The van der Waals surface area contributed by atoms with Crippen LogP contribution in [0.2, 0.25) is 0 Å². The summed E-state index contributed by atoms with van der Waals surface area (Å²) in [7, 11) is 0. The van der Waals surface area contributed by atoms with E-state index in [-0.39, 0.29) is 0 Å². The van der Waals surface area contributed by atoms with Crippen LogP contribution < -0.4 is 4.74 Å². The Balaban J connectivity index is 2.36. The van der Waals surface area contributed by atoms with E-state index in [0.29, 0.717) is 18.9 Å². The molecule has 1 N–H and O–H groups in total. The Kier molecular flexibility index (Phi) is 3.63.